The number of hydrogen-bond acceptors (Lipinski definition) is 3. The van der Waals surface area contributed by atoms with Crippen LogP contribution in [0.25, 0.3) is 0 Å². The van der Waals surface area contributed by atoms with Crippen molar-refractivity contribution < 1.29 is 9.90 Å². The monoisotopic (exact) mass is 424 g/mol. The first kappa shape index (κ1) is 24.4. The fraction of sp³-hybridized carbons (Fsp3) is 0.440. The Kier molecular flexibility index (Phi) is 8.63. The highest BCUT2D eigenvalue weighted by atomic mass is 16.3. The molecule has 1 amide bonds. The van der Waals surface area contributed by atoms with E-state index in [0.717, 1.165) is 17.7 Å². The molecule has 6 heteroatoms. The molecule has 0 aliphatic heterocycles. The minimum atomic E-state index is -0.630. The van der Waals surface area contributed by atoms with Crippen LogP contribution in [0.15, 0.2) is 53.5 Å². The van der Waals surface area contributed by atoms with E-state index in [-0.39, 0.29) is 11.3 Å². The lowest BCUT2D eigenvalue weighted by atomic mass is 9.86. The zero-order valence-corrected chi connectivity index (χ0v) is 19.6. The number of amides is 1. The quantitative estimate of drug-likeness (QED) is 0.470. The lowest BCUT2D eigenvalue weighted by Gasteiger charge is -2.20. The molecular weight excluding hydrogens is 388 g/mol. The number of guanidine groups is 1. The van der Waals surface area contributed by atoms with E-state index in [1.165, 1.54) is 5.56 Å². The van der Waals surface area contributed by atoms with Crippen LogP contribution in [0.4, 0.5) is 0 Å². The van der Waals surface area contributed by atoms with Gasteiger partial charge in [-0.2, -0.15) is 0 Å². The van der Waals surface area contributed by atoms with Gasteiger partial charge >= 0.3 is 0 Å². The van der Waals surface area contributed by atoms with Crippen LogP contribution in [0.1, 0.15) is 60.8 Å². The van der Waals surface area contributed by atoms with Crippen LogP contribution >= 0.6 is 0 Å². The molecule has 0 aliphatic carbocycles. The normalized spacial score (nSPS) is 12.9. The van der Waals surface area contributed by atoms with Crippen LogP contribution in [0.2, 0.25) is 0 Å². The third-order valence-electron chi connectivity index (χ3n) is 5.00. The molecule has 2 rings (SSSR count). The average Bonchev–Trinajstić information content (AvgIpc) is 2.74. The number of aliphatic hydroxyl groups excluding tert-OH is 1. The van der Waals surface area contributed by atoms with Crippen molar-refractivity contribution >= 4 is 11.9 Å². The van der Waals surface area contributed by atoms with Gasteiger partial charge < -0.3 is 20.6 Å². The highest BCUT2D eigenvalue weighted by Gasteiger charge is 2.15. The topological polar surface area (TPSA) is 77.0 Å². The number of nitrogens with zero attached hydrogens (tertiary/aromatic N) is 2. The summed E-state index contributed by atoms with van der Waals surface area (Å²) >= 11 is 0. The van der Waals surface area contributed by atoms with Crippen LogP contribution in [0.5, 0.6) is 0 Å². The molecule has 6 nitrogen and oxygen atoms in total. The molecule has 0 spiro atoms. The summed E-state index contributed by atoms with van der Waals surface area (Å²) in [7, 11) is 3.48. The van der Waals surface area contributed by atoms with E-state index in [4.69, 9.17) is 0 Å². The molecule has 0 saturated carbocycles. The lowest BCUT2D eigenvalue weighted by molar-refractivity contribution is 0.0827. The van der Waals surface area contributed by atoms with Crippen molar-refractivity contribution in [3.8, 4) is 0 Å². The molecule has 3 N–H and O–H groups in total. The van der Waals surface area contributed by atoms with E-state index in [1.54, 1.807) is 19.0 Å². The third-order valence-corrected chi connectivity index (χ3v) is 5.00. The van der Waals surface area contributed by atoms with Gasteiger partial charge in [0.25, 0.3) is 5.91 Å². The summed E-state index contributed by atoms with van der Waals surface area (Å²) < 4.78 is 0. The first-order valence-electron chi connectivity index (χ1n) is 10.7. The summed E-state index contributed by atoms with van der Waals surface area (Å²) in [5.41, 5.74) is 3.86. The number of carbonyl (C=O) groups excluding carboxylic acids is 1. The summed E-state index contributed by atoms with van der Waals surface area (Å²) in [6.07, 6.45) is -0.630. The van der Waals surface area contributed by atoms with Crippen LogP contribution < -0.4 is 10.6 Å². The Hall–Kier alpha value is -2.86. The maximum absolute atomic E-state index is 12.0. The second kappa shape index (κ2) is 11.0. The predicted molar refractivity (Wildman–Crippen MR) is 127 cm³/mol. The molecule has 31 heavy (non-hydrogen) atoms. The molecule has 0 heterocycles. The molecule has 0 radical (unpaired) electrons. The molecule has 1 atom stereocenters. The van der Waals surface area contributed by atoms with Gasteiger partial charge in [-0.05, 0) is 41.2 Å². The van der Waals surface area contributed by atoms with Gasteiger partial charge in [-0.15, -0.1) is 0 Å². The van der Waals surface area contributed by atoms with E-state index in [1.807, 2.05) is 43.3 Å². The van der Waals surface area contributed by atoms with Crippen molar-refractivity contribution in [3.63, 3.8) is 0 Å². The van der Waals surface area contributed by atoms with Gasteiger partial charge in [-0.3, -0.25) is 4.79 Å². The number of aliphatic hydroxyl groups is 1. The van der Waals surface area contributed by atoms with E-state index in [9.17, 15) is 9.90 Å². The maximum atomic E-state index is 12.0. The van der Waals surface area contributed by atoms with Gasteiger partial charge in [0.1, 0.15) is 0 Å². The Morgan fingerprint density at radius 3 is 2.16 bits per heavy atom. The molecule has 2 aromatic rings. The van der Waals surface area contributed by atoms with Gasteiger partial charge in [-0.25, -0.2) is 4.99 Å². The SMILES string of the molecule is CCNC(=NCc1ccc(C(=O)N(C)C)cc1)NCC(O)c1ccc(C(C)(C)C)cc1. The van der Waals surface area contributed by atoms with Gasteiger partial charge in [0.2, 0.25) is 0 Å². The van der Waals surface area contributed by atoms with Crippen LogP contribution in [0, 0.1) is 0 Å². The first-order valence-corrected chi connectivity index (χ1v) is 10.7. The Morgan fingerprint density at radius 2 is 1.65 bits per heavy atom. The largest absolute Gasteiger partial charge is 0.387 e. The molecule has 0 aromatic heterocycles. The summed E-state index contributed by atoms with van der Waals surface area (Å²) in [6, 6.07) is 15.6. The smallest absolute Gasteiger partial charge is 0.253 e. The van der Waals surface area contributed by atoms with Crippen molar-refractivity contribution in [1.29, 1.82) is 0 Å². The number of carbonyl (C=O) groups is 1. The fourth-order valence-corrected chi connectivity index (χ4v) is 3.04. The number of aliphatic imine (C=N–C) groups is 1. The Morgan fingerprint density at radius 1 is 1.03 bits per heavy atom. The number of hydrogen-bond donors (Lipinski definition) is 3. The van der Waals surface area contributed by atoms with Crippen molar-refractivity contribution in [2.45, 2.75) is 45.8 Å². The summed E-state index contributed by atoms with van der Waals surface area (Å²) in [5.74, 6) is 0.621. The van der Waals surface area contributed by atoms with Crippen LogP contribution in [0.3, 0.4) is 0 Å². The summed E-state index contributed by atoms with van der Waals surface area (Å²) in [5, 5.41) is 17.0. The summed E-state index contributed by atoms with van der Waals surface area (Å²) in [6.45, 7) is 10.1. The van der Waals surface area contributed by atoms with Crippen molar-refractivity contribution in [2.75, 3.05) is 27.2 Å². The fourth-order valence-electron chi connectivity index (χ4n) is 3.04. The Labute approximate surface area is 186 Å². The van der Waals surface area contributed by atoms with Gasteiger partial charge in [-0.1, -0.05) is 57.2 Å². The highest BCUT2D eigenvalue weighted by Crippen LogP contribution is 2.23. The minimum Gasteiger partial charge on any atom is -0.387 e. The van der Waals surface area contributed by atoms with E-state index < -0.39 is 6.10 Å². The van der Waals surface area contributed by atoms with Gasteiger partial charge in [0, 0.05) is 32.7 Å². The number of benzene rings is 2. The van der Waals surface area contributed by atoms with E-state index in [0.29, 0.717) is 24.6 Å². The average molecular weight is 425 g/mol. The molecule has 0 fully saturated rings. The Balaban J connectivity index is 1.97. The second-order valence-corrected chi connectivity index (χ2v) is 8.86. The van der Waals surface area contributed by atoms with Crippen molar-refractivity contribution in [2.24, 2.45) is 4.99 Å². The number of nitrogens with one attached hydrogen (secondary N) is 2. The minimum absolute atomic E-state index is 0.0189. The molecule has 2 aromatic carbocycles. The molecule has 0 saturated heterocycles. The lowest BCUT2D eigenvalue weighted by Crippen LogP contribution is -2.39. The zero-order chi connectivity index (χ0) is 23.0. The molecule has 1 unspecified atom stereocenters. The molecule has 168 valence electrons. The van der Waals surface area contributed by atoms with E-state index >= 15 is 0 Å². The first-order chi connectivity index (χ1) is 14.6. The van der Waals surface area contributed by atoms with Gasteiger partial charge in [0.05, 0.1) is 12.6 Å². The molecule has 0 aliphatic rings. The Bertz CT molecular complexity index is 866. The highest BCUT2D eigenvalue weighted by molar-refractivity contribution is 5.93. The standard InChI is InChI=1S/C25H36N4O2/c1-7-26-24(27-16-18-8-10-20(11-9-18)23(31)29(5)6)28-17-22(30)19-12-14-21(15-13-19)25(2,3)4/h8-15,22,30H,7,16-17H2,1-6H3,(H2,26,27,28). The van der Waals surface area contributed by atoms with Gasteiger partial charge in [0.15, 0.2) is 5.96 Å². The molecule has 0 bridgehead atoms. The zero-order valence-electron chi connectivity index (χ0n) is 19.6. The van der Waals surface area contributed by atoms with Crippen molar-refractivity contribution in [1.82, 2.24) is 15.5 Å². The molecular formula is C25H36N4O2. The predicted octanol–water partition coefficient (Wildman–Crippen LogP) is 3.47. The summed E-state index contributed by atoms with van der Waals surface area (Å²) in [4.78, 5) is 18.1. The van der Waals surface area contributed by atoms with Crippen molar-refractivity contribution in [3.05, 3.63) is 70.8 Å². The second-order valence-electron chi connectivity index (χ2n) is 8.86. The van der Waals surface area contributed by atoms with Crippen LogP contribution in [-0.4, -0.2) is 49.1 Å². The van der Waals surface area contributed by atoms with E-state index in [2.05, 4.69) is 48.5 Å². The third kappa shape index (κ3) is 7.40. The number of rotatable bonds is 7. The van der Waals surface area contributed by atoms with Crippen LogP contribution in [-0.2, 0) is 12.0 Å². The maximum Gasteiger partial charge on any atom is 0.253 e.